The number of primary amides is 1. The molecule has 1 rings (SSSR count). The van der Waals surface area contributed by atoms with Crippen molar-refractivity contribution in [1.29, 1.82) is 0 Å². The third-order valence-electron chi connectivity index (χ3n) is 2.96. The summed E-state index contributed by atoms with van der Waals surface area (Å²) >= 11 is 4.85. The van der Waals surface area contributed by atoms with Crippen molar-refractivity contribution in [3.05, 3.63) is 0 Å². The fraction of sp³-hybridized carbons (Fsp3) is 0.700. The molecule has 1 unspecified atom stereocenters. The molecule has 18 heavy (non-hydrogen) atoms. The molecule has 0 spiro atoms. The second kappa shape index (κ2) is 6.62. The third kappa shape index (κ3) is 4.55. The molecular weight excluding hydrogens is 254 g/mol. The van der Waals surface area contributed by atoms with Gasteiger partial charge in [-0.3, -0.25) is 19.9 Å². The summed E-state index contributed by atoms with van der Waals surface area (Å²) in [6, 6.07) is -1.19. The lowest BCUT2D eigenvalue weighted by molar-refractivity contribution is -0.125. The van der Waals surface area contributed by atoms with Gasteiger partial charge in [0.05, 0.1) is 11.0 Å². The topological polar surface area (TPSA) is 105 Å². The number of nitrogens with two attached hydrogens (primary N) is 2. The highest BCUT2D eigenvalue weighted by molar-refractivity contribution is 7.80. The van der Waals surface area contributed by atoms with Gasteiger partial charge >= 0.3 is 6.03 Å². The van der Waals surface area contributed by atoms with Gasteiger partial charge in [0.15, 0.2) is 0 Å². The number of hydrogen-bond donors (Lipinski definition) is 3. The lowest BCUT2D eigenvalue weighted by atomic mass is 10.2. The van der Waals surface area contributed by atoms with Crippen LogP contribution in [0.5, 0.6) is 0 Å². The Bertz CT molecular complexity index is 341. The Morgan fingerprint density at radius 2 is 1.83 bits per heavy atom. The van der Waals surface area contributed by atoms with E-state index >= 15 is 0 Å². The predicted molar refractivity (Wildman–Crippen MR) is 72.0 cm³/mol. The molecule has 0 aromatic carbocycles. The van der Waals surface area contributed by atoms with Crippen LogP contribution in [0.2, 0.25) is 0 Å². The number of nitrogens with zero attached hydrogens (tertiary/aromatic N) is 2. The van der Waals surface area contributed by atoms with E-state index in [1.165, 1.54) is 0 Å². The molecule has 1 saturated heterocycles. The van der Waals surface area contributed by atoms with Crippen molar-refractivity contribution >= 4 is 29.1 Å². The minimum absolute atomic E-state index is 0.370. The van der Waals surface area contributed by atoms with E-state index in [9.17, 15) is 9.59 Å². The van der Waals surface area contributed by atoms with Crippen LogP contribution in [0.1, 0.15) is 6.92 Å². The first-order chi connectivity index (χ1) is 8.40. The smallest absolute Gasteiger partial charge is 0.318 e. The second-order valence-electron chi connectivity index (χ2n) is 4.31. The van der Waals surface area contributed by atoms with Crippen molar-refractivity contribution in [2.24, 2.45) is 11.5 Å². The fourth-order valence-corrected chi connectivity index (χ4v) is 2.10. The molecule has 1 aliphatic rings. The molecule has 5 N–H and O–H groups in total. The molecule has 0 aromatic rings. The van der Waals surface area contributed by atoms with E-state index in [-0.39, 0.29) is 11.9 Å². The minimum atomic E-state index is -0.820. The Balaban J connectivity index is 2.40. The second-order valence-corrected chi connectivity index (χ2v) is 4.83. The molecule has 102 valence electrons. The van der Waals surface area contributed by atoms with Crippen LogP contribution >= 0.6 is 12.2 Å². The van der Waals surface area contributed by atoms with Crippen molar-refractivity contribution in [3.63, 3.8) is 0 Å². The molecule has 1 fully saturated rings. The van der Waals surface area contributed by atoms with Crippen LogP contribution < -0.4 is 16.8 Å². The van der Waals surface area contributed by atoms with E-state index in [4.69, 9.17) is 23.7 Å². The number of nitrogens with one attached hydrogen (secondary N) is 1. The van der Waals surface area contributed by atoms with Gasteiger partial charge < -0.3 is 11.5 Å². The van der Waals surface area contributed by atoms with Gasteiger partial charge in [-0.15, -0.1) is 0 Å². The highest BCUT2D eigenvalue weighted by Crippen LogP contribution is 2.06. The SMILES string of the molecule is CC(C(=O)NC(N)=O)N1CCN(CC(N)=S)CC1. The zero-order chi connectivity index (χ0) is 13.7. The average molecular weight is 273 g/mol. The molecule has 0 aromatic heterocycles. The van der Waals surface area contributed by atoms with Crippen molar-refractivity contribution in [2.45, 2.75) is 13.0 Å². The molecule has 1 aliphatic heterocycles. The fourth-order valence-electron chi connectivity index (χ4n) is 1.92. The summed E-state index contributed by atoms with van der Waals surface area (Å²) in [6.07, 6.45) is 0. The van der Waals surface area contributed by atoms with Crippen molar-refractivity contribution in [3.8, 4) is 0 Å². The molecule has 1 atom stereocenters. The van der Waals surface area contributed by atoms with Crippen LogP contribution in [0, 0.1) is 0 Å². The summed E-state index contributed by atoms with van der Waals surface area (Å²) in [4.78, 5) is 26.8. The minimum Gasteiger partial charge on any atom is -0.392 e. The van der Waals surface area contributed by atoms with Crippen LogP contribution in [0.4, 0.5) is 4.79 Å². The van der Waals surface area contributed by atoms with Gasteiger partial charge in [0.25, 0.3) is 0 Å². The molecule has 0 bridgehead atoms. The Morgan fingerprint density at radius 3 is 2.28 bits per heavy atom. The molecular formula is C10H19N5O2S. The van der Waals surface area contributed by atoms with Crippen molar-refractivity contribution in [1.82, 2.24) is 15.1 Å². The lowest BCUT2D eigenvalue weighted by Gasteiger charge is -2.37. The van der Waals surface area contributed by atoms with Crippen molar-refractivity contribution < 1.29 is 9.59 Å². The normalized spacial score (nSPS) is 19.2. The van der Waals surface area contributed by atoms with E-state index in [0.717, 1.165) is 26.2 Å². The number of amides is 3. The van der Waals surface area contributed by atoms with E-state index in [1.807, 2.05) is 4.90 Å². The number of piperazine rings is 1. The molecule has 8 heteroatoms. The van der Waals surface area contributed by atoms with E-state index in [1.54, 1.807) is 6.92 Å². The number of hydrogen-bond acceptors (Lipinski definition) is 5. The summed E-state index contributed by atoms with van der Waals surface area (Å²) in [5.74, 6) is -0.370. The Labute approximate surface area is 111 Å². The summed E-state index contributed by atoms with van der Waals surface area (Å²) in [5, 5.41) is 2.09. The third-order valence-corrected chi connectivity index (χ3v) is 3.09. The zero-order valence-corrected chi connectivity index (χ0v) is 11.2. The largest absolute Gasteiger partial charge is 0.392 e. The number of thiocarbonyl (C=S) groups is 1. The maximum Gasteiger partial charge on any atom is 0.318 e. The van der Waals surface area contributed by atoms with Gasteiger partial charge in [-0.05, 0) is 6.92 Å². The zero-order valence-electron chi connectivity index (χ0n) is 10.4. The molecule has 7 nitrogen and oxygen atoms in total. The van der Waals surface area contributed by atoms with Gasteiger partial charge in [0, 0.05) is 32.7 Å². The molecule has 0 saturated carbocycles. The maximum absolute atomic E-state index is 11.6. The van der Waals surface area contributed by atoms with E-state index < -0.39 is 6.03 Å². The molecule has 0 radical (unpaired) electrons. The van der Waals surface area contributed by atoms with Crippen LogP contribution in [-0.4, -0.2) is 65.5 Å². The van der Waals surface area contributed by atoms with Gasteiger partial charge in [-0.25, -0.2) is 4.79 Å². The molecule has 3 amide bonds. The van der Waals surface area contributed by atoms with Crippen LogP contribution in [-0.2, 0) is 4.79 Å². The summed E-state index contributed by atoms with van der Waals surface area (Å²) < 4.78 is 0. The number of urea groups is 1. The van der Waals surface area contributed by atoms with Gasteiger partial charge in [0.1, 0.15) is 0 Å². The lowest BCUT2D eigenvalue weighted by Crippen LogP contribution is -2.55. The Morgan fingerprint density at radius 1 is 1.28 bits per heavy atom. The predicted octanol–water partition coefficient (Wildman–Crippen LogP) is -1.53. The number of imide groups is 1. The van der Waals surface area contributed by atoms with Crippen LogP contribution in [0.15, 0.2) is 0 Å². The Kier molecular flexibility index (Phi) is 5.45. The summed E-state index contributed by atoms with van der Waals surface area (Å²) in [7, 11) is 0. The summed E-state index contributed by atoms with van der Waals surface area (Å²) in [5.41, 5.74) is 10.4. The van der Waals surface area contributed by atoms with Gasteiger partial charge in [-0.1, -0.05) is 12.2 Å². The molecule has 1 heterocycles. The number of carbonyl (C=O) groups is 2. The van der Waals surface area contributed by atoms with Gasteiger partial charge in [-0.2, -0.15) is 0 Å². The highest BCUT2D eigenvalue weighted by atomic mass is 32.1. The standard InChI is InChI=1S/C10H19N5O2S/c1-7(9(16)13-10(12)17)15-4-2-14(3-5-15)6-8(11)18/h7H,2-6H2,1H3,(H2,11,18)(H3,12,13,16,17). The Hall–Kier alpha value is -1.25. The number of rotatable bonds is 4. The first-order valence-electron chi connectivity index (χ1n) is 5.75. The van der Waals surface area contributed by atoms with Crippen LogP contribution in [0.25, 0.3) is 0 Å². The van der Waals surface area contributed by atoms with Gasteiger partial charge in [0.2, 0.25) is 5.91 Å². The average Bonchev–Trinajstić information content (AvgIpc) is 2.27. The van der Waals surface area contributed by atoms with E-state index in [0.29, 0.717) is 11.5 Å². The summed E-state index contributed by atoms with van der Waals surface area (Å²) in [6.45, 7) is 5.41. The van der Waals surface area contributed by atoms with E-state index in [2.05, 4.69) is 10.2 Å². The maximum atomic E-state index is 11.6. The first kappa shape index (κ1) is 14.8. The number of carbonyl (C=O) groups excluding carboxylic acids is 2. The first-order valence-corrected chi connectivity index (χ1v) is 6.16. The molecule has 0 aliphatic carbocycles. The monoisotopic (exact) mass is 273 g/mol. The van der Waals surface area contributed by atoms with Crippen molar-refractivity contribution in [2.75, 3.05) is 32.7 Å². The quantitative estimate of drug-likeness (QED) is 0.537. The highest BCUT2D eigenvalue weighted by Gasteiger charge is 2.26. The van der Waals surface area contributed by atoms with Crippen LogP contribution in [0.3, 0.4) is 0 Å².